The summed E-state index contributed by atoms with van der Waals surface area (Å²) in [7, 11) is -2.05. The monoisotopic (exact) mass is 321 g/mol. The molecule has 0 amide bonds. The Morgan fingerprint density at radius 2 is 1.91 bits per heavy atom. The van der Waals surface area contributed by atoms with E-state index in [1.165, 1.54) is 13.2 Å². The maximum absolute atomic E-state index is 12.3. The molecule has 0 heterocycles. The molecule has 5 nitrogen and oxygen atoms in total. The van der Waals surface area contributed by atoms with Crippen molar-refractivity contribution in [3.8, 4) is 11.5 Å². The largest absolute Gasteiger partial charge is 0.508 e. The summed E-state index contributed by atoms with van der Waals surface area (Å²) in [5.41, 5.74) is 1.33. The molecule has 0 saturated heterocycles. The number of phenolic OH excluding ortho intramolecular Hbond substituents is 1. The Morgan fingerprint density at radius 1 is 1.18 bits per heavy atom. The second-order valence-corrected chi connectivity index (χ2v) is 6.64. The second-order valence-electron chi connectivity index (χ2n) is 4.91. The molecule has 0 aromatic heterocycles. The molecule has 0 atom stereocenters. The fraction of sp³-hybridized carbons (Fsp3) is 0.250. The highest BCUT2D eigenvalue weighted by Crippen LogP contribution is 2.21. The first-order valence-electron chi connectivity index (χ1n) is 6.85. The molecule has 0 spiro atoms. The highest BCUT2D eigenvalue weighted by molar-refractivity contribution is 7.89. The van der Waals surface area contributed by atoms with E-state index in [2.05, 4.69) is 4.72 Å². The van der Waals surface area contributed by atoms with Gasteiger partial charge in [0, 0.05) is 6.54 Å². The lowest BCUT2D eigenvalue weighted by atomic mass is 10.1. The summed E-state index contributed by atoms with van der Waals surface area (Å²) in [4.78, 5) is 0.227. The summed E-state index contributed by atoms with van der Waals surface area (Å²) in [5.74, 6) is 0.785. The summed E-state index contributed by atoms with van der Waals surface area (Å²) >= 11 is 0. The number of rotatable bonds is 6. The van der Waals surface area contributed by atoms with Crippen molar-refractivity contribution in [2.45, 2.75) is 18.2 Å². The van der Waals surface area contributed by atoms with Gasteiger partial charge in [0.25, 0.3) is 0 Å². The smallest absolute Gasteiger partial charge is 0.240 e. The molecule has 2 aromatic rings. The van der Waals surface area contributed by atoms with Gasteiger partial charge in [0.05, 0.1) is 12.0 Å². The molecule has 0 aliphatic rings. The Hall–Kier alpha value is -2.05. The minimum Gasteiger partial charge on any atom is -0.508 e. The van der Waals surface area contributed by atoms with E-state index in [1.807, 2.05) is 0 Å². The van der Waals surface area contributed by atoms with Crippen molar-refractivity contribution in [3.05, 3.63) is 53.6 Å². The van der Waals surface area contributed by atoms with Gasteiger partial charge in [-0.15, -0.1) is 0 Å². The number of nitrogens with one attached hydrogen (secondary N) is 1. The van der Waals surface area contributed by atoms with Gasteiger partial charge in [-0.2, -0.15) is 0 Å². The van der Waals surface area contributed by atoms with Crippen LogP contribution in [-0.2, 0) is 16.4 Å². The fourth-order valence-electron chi connectivity index (χ4n) is 2.17. The van der Waals surface area contributed by atoms with E-state index in [0.29, 0.717) is 23.3 Å². The van der Waals surface area contributed by atoms with E-state index in [-0.39, 0.29) is 17.2 Å². The minimum atomic E-state index is -3.59. The lowest BCUT2D eigenvalue weighted by molar-refractivity contribution is 0.414. The first-order chi connectivity index (χ1) is 10.4. The summed E-state index contributed by atoms with van der Waals surface area (Å²) in [6.07, 6.45) is 0.418. The molecule has 0 aliphatic heterocycles. The van der Waals surface area contributed by atoms with Gasteiger partial charge in [-0.25, -0.2) is 13.1 Å². The molecule has 118 valence electrons. The van der Waals surface area contributed by atoms with Crippen LogP contribution in [0.2, 0.25) is 0 Å². The van der Waals surface area contributed by atoms with E-state index in [4.69, 9.17) is 4.74 Å². The molecule has 2 aromatic carbocycles. The number of sulfonamides is 1. The van der Waals surface area contributed by atoms with Gasteiger partial charge in [0.2, 0.25) is 10.0 Å². The Balaban J connectivity index is 2.07. The zero-order valence-electron chi connectivity index (χ0n) is 12.5. The van der Waals surface area contributed by atoms with Crippen LogP contribution >= 0.6 is 0 Å². The molecule has 0 saturated carbocycles. The number of aromatic hydroxyl groups is 1. The first kappa shape index (κ1) is 16.3. The van der Waals surface area contributed by atoms with Gasteiger partial charge in [0.15, 0.2) is 0 Å². The third-order valence-electron chi connectivity index (χ3n) is 3.35. The molecular formula is C16H19NO4S. The van der Waals surface area contributed by atoms with Crippen LogP contribution in [0.4, 0.5) is 0 Å². The molecule has 0 radical (unpaired) electrons. The first-order valence-corrected chi connectivity index (χ1v) is 8.33. The number of benzene rings is 2. The van der Waals surface area contributed by atoms with Crippen molar-refractivity contribution in [1.29, 1.82) is 0 Å². The molecule has 0 unspecified atom stereocenters. The Labute approximate surface area is 130 Å². The molecular weight excluding hydrogens is 302 g/mol. The minimum absolute atomic E-state index is 0.169. The predicted molar refractivity (Wildman–Crippen MR) is 84.7 cm³/mol. The Bertz CT molecular complexity index is 756. The van der Waals surface area contributed by atoms with Crippen LogP contribution in [0, 0.1) is 6.92 Å². The zero-order valence-corrected chi connectivity index (χ0v) is 13.4. The molecule has 6 heteroatoms. The van der Waals surface area contributed by atoms with Crippen molar-refractivity contribution < 1.29 is 18.3 Å². The number of aryl methyl sites for hydroxylation is 1. The standard InChI is InChI=1S/C16H19NO4S/c1-12-11-14(21-2)7-8-16(12)22(19,20)17-10-9-13-5-3-4-6-15(13)18/h3-8,11,17-18H,9-10H2,1-2H3. The molecule has 0 bridgehead atoms. The highest BCUT2D eigenvalue weighted by Gasteiger charge is 2.16. The Kier molecular flexibility index (Phi) is 5.05. The van der Waals surface area contributed by atoms with Gasteiger partial charge >= 0.3 is 0 Å². The van der Waals surface area contributed by atoms with Crippen LogP contribution in [0.5, 0.6) is 11.5 Å². The lowest BCUT2D eigenvalue weighted by Gasteiger charge is -2.11. The molecule has 2 N–H and O–H groups in total. The Morgan fingerprint density at radius 3 is 2.55 bits per heavy atom. The van der Waals surface area contributed by atoms with Crippen molar-refractivity contribution in [3.63, 3.8) is 0 Å². The fourth-order valence-corrected chi connectivity index (χ4v) is 3.43. The van der Waals surface area contributed by atoms with E-state index < -0.39 is 10.0 Å². The third kappa shape index (κ3) is 3.78. The second kappa shape index (κ2) is 6.81. The number of phenols is 1. The summed E-state index contributed by atoms with van der Waals surface area (Å²) < 4.78 is 32.2. The van der Waals surface area contributed by atoms with E-state index >= 15 is 0 Å². The maximum Gasteiger partial charge on any atom is 0.240 e. The van der Waals surface area contributed by atoms with Crippen LogP contribution in [0.25, 0.3) is 0 Å². The average Bonchev–Trinajstić information content (AvgIpc) is 2.48. The van der Waals surface area contributed by atoms with Crippen LogP contribution in [-0.4, -0.2) is 27.2 Å². The summed E-state index contributed by atoms with van der Waals surface area (Å²) in [6, 6.07) is 11.7. The predicted octanol–water partition coefficient (Wildman–Crippen LogP) is 2.23. The number of hydrogen-bond donors (Lipinski definition) is 2. The van der Waals surface area contributed by atoms with Gasteiger partial charge in [-0.05, 0) is 48.7 Å². The van der Waals surface area contributed by atoms with E-state index in [9.17, 15) is 13.5 Å². The molecule has 22 heavy (non-hydrogen) atoms. The van der Waals surface area contributed by atoms with Crippen molar-refractivity contribution in [1.82, 2.24) is 4.72 Å². The quantitative estimate of drug-likeness (QED) is 0.855. The molecule has 0 fully saturated rings. The summed E-state index contributed by atoms with van der Waals surface area (Å²) in [5, 5.41) is 9.67. The van der Waals surface area contributed by atoms with Crippen LogP contribution in [0.1, 0.15) is 11.1 Å². The number of ether oxygens (including phenoxy) is 1. The van der Waals surface area contributed by atoms with Crippen molar-refractivity contribution >= 4 is 10.0 Å². The van der Waals surface area contributed by atoms with Gasteiger partial charge in [-0.1, -0.05) is 18.2 Å². The van der Waals surface area contributed by atoms with E-state index in [0.717, 1.165) is 0 Å². The van der Waals surface area contributed by atoms with Gasteiger partial charge < -0.3 is 9.84 Å². The van der Waals surface area contributed by atoms with Crippen molar-refractivity contribution in [2.24, 2.45) is 0 Å². The number of hydrogen-bond acceptors (Lipinski definition) is 4. The van der Waals surface area contributed by atoms with Crippen LogP contribution in [0.15, 0.2) is 47.4 Å². The third-order valence-corrected chi connectivity index (χ3v) is 4.97. The number of methoxy groups -OCH3 is 1. The number of para-hydroxylation sites is 1. The summed E-state index contributed by atoms with van der Waals surface area (Å²) in [6.45, 7) is 1.94. The topological polar surface area (TPSA) is 75.6 Å². The molecule has 0 aliphatic carbocycles. The van der Waals surface area contributed by atoms with Gasteiger partial charge in [-0.3, -0.25) is 0 Å². The SMILES string of the molecule is COc1ccc(S(=O)(=O)NCCc2ccccc2O)c(C)c1. The normalized spacial score (nSPS) is 11.4. The highest BCUT2D eigenvalue weighted by atomic mass is 32.2. The van der Waals surface area contributed by atoms with E-state index in [1.54, 1.807) is 43.3 Å². The maximum atomic E-state index is 12.3. The lowest BCUT2D eigenvalue weighted by Crippen LogP contribution is -2.26. The van der Waals surface area contributed by atoms with Crippen molar-refractivity contribution in [2.75, 3.05) is 13.7 Å². The molecule has 2 rings (SSSR count). The van der Waals surface area contributed by atoms with Crippen LogP contribution < -0.4 is 9.46 Å². The van der Waals surface area contributed by atoms with Gasteiger partial charge in [0.1, 0.15) is 11.5 Å². The average molecular weight is 321 g/mol. The van der Waals surface area contributed by atoms with Crippen LogP contribution in [0.3, 0.4) is 0 Å². The zero-order chi connectivity index (χ0) is 16.2.